The Morgan fingerprint density at radius 3 is 2.95 bits per heavy atom. The monoisotopic (exact) mass is 303 g/mol. The smallest absolute Gasteiger partial charge is 0.408 e. The third kappa shape index (κ3) is 2.80. The summed E-state index contributed by atoms with van der Waals surface area (Å²) in [4.78, 5) is 27.7. The fraction of sp³-hybridized carbons (Fsp3) is 0.0714. The largest absolute Gasteiger partial charge is 0.420 e. The maximum absolute atomic E-state index is 12.0. The lowest BCUT2D eigenvalue weighted by Gasteiger charge is -2.04. The molecule has 0 unspecified atom stereocenters. The zero-order valence-electron chi connectivity index (χ0n) is 10.7. The van der Waals surface area contributed by atoms with E-state index in [1.165, 1.54) is 10.6 Å². The van der Waals surface area contributed by atoms with Gasteiger partial charge in [-0.25, -0.2) is 9.78 Å². The molecule has 7 heteroatoms. The second-order valence-electron chi connectivity index (χ2n) is 4.33. The van der Waals surface area contributed by atoms with Crippen molar-refractivity contribution in [2.75, 3.05) is 5.32 Å². The van der Waals surface area contributed by atoms with Gasteiger partial charge in [-0.1, -0.05) is 17.7 Å². The van der Waals surface area contributed by atoms with Gasteiger partial charge in [0.25, 0.3) is 0 Å². The van der Waals surface area contributed by atoms with Crippen LogP contribution >= 0.6 is 11.6 Å². The number of carbonyl (C=O) groups excluding carboxylic acids is 1. The molecule has 1 N–H and O–H groups in total. The van der Waals surface area contributed by atoms with E-state index < -0.39 is 5.76 Å². The summed E-state index contributed by atoms with van der Waals surface area (Å²) in [5, 5.41) is 3.07. The van der Waals surface area contributed by atoms with Gasteiger partial charge in [0, 0.05) is 17.3 Å². The van der Waals surface area contributed by atoms with Gasteiger partial charge in [0.15, 0.2) is 5.58 Å². The molecule has 0 bridgehead atoms. The number of pyridine rings is 1. The van der Waals surface area contributed by atoms with Crippen LogP contribution in [0.2, 0.25) is 5.02 Å². The molecule has 3 aromatic rings. The summed E-state index contributed by atoms with van der Waals surface area (Å²) < 4.78 is 6.30. The minimum absolute atomic E-state index is 0.163. The summed E-state index contributed by atoms with van der Waals surface area (Å²) >= 11 is 5.83. The number of aromatic nitrogens is 2. The van der Waals surface area contributed by atoms with Crippen LogP contribution in [0.5, 0.6) is 0 Å². The van der Waals surface area contributed by atoms with Gasteiger partial charge >= 0.3 is 5.76 Å². The molecule has 21 heavy (non-hydrogen) atoms. The lowest BCUT2D eigenvalue weighted by Crippen LogP contribution is -2.25. The van der Waals surface area contributed by atoms with Gasteiger partial charge in [-0.2, -0.15) is 0 Å². The van der Waals surface area contributed by atoms with Gasteiger partial charge in [0.1, 0.15) is 12.4 Å². The standard InChI is InChI=1S/C14H10ClN3O3/c15-9-4-5-10-11(7-9)21-14(20)18(10)8-13(19)17-12-3-1-2-6-16-12/h1-7H,8H2,(H,16,17,19). The minimum atomic E-state index is -0.608. The highest BCUT2D eigenvalue weighted by molar-refractivity contribution is 6.31. The van der Waals surface area contributed by atoms with Crippen LogP contribution in [0.1, 0.15) is 0 Å². The number of anilines is 1. The Morgan fingerprint density at radius 1 is 1.33 bits per heavy atom. The van der Waals surface area contributed by atoms with Gasteiger partial charge in [0.05, 0.1) is 5.52 Å². The number of hydrogen-bond donors (Lipinski definition) is 1. The summed E-state index contributed by atoms with van der Waals surface area (Å²) in [5.74, 6) is -0.553. The van der Waals surface area contributed by atoms with E-state index in [9.17, 15) is 9.59 Å². The highest BCUT2D eigenvalue weighted by Gasteiger charge is 2.13. The fourth-order valence-electron chi connectivity index (χ4n) is 1.95. The zero-order valence-corrected chi connectivity index (χ0v) is 11.5. The third-order valence-electron chi connectivity index (χ3n) is 2.86. The van der Waals surface area contributed by atoms with E-state index in [2.05, 4.69) is 10.3 Å². The molecule has 3 rings (SSSR count). The number of fused-ring (bicyclic) bond motifs is 1. The summed E-state index contributed by atoms with van der Waals surface area (Å²) in [7, 11) is 0. The maximum Gasteiger partial charge on any atom is 0.420 e. The molecule has 6 nitrogen and oxygen atoms in total. The number of rotatable bonds is 3. The van der Waals surface area contributed by atoms with Gasteiger partial charge < -0.3 is 9.73 Å². The van der Waals surface area contributed by atoms with Crippen LogP contribution < -0.4 is 11.1 Å². The van der Waals surface area contributed by atoms with Crippen molar-refractivity contribution in [3.05, 3.63) is 58.2 Å². The number of halogens is 1. The molecule has 0 spiro atoms. The summed E-state index contributed by atoms with van der Waals surface area (Å²) in [6.45, 7) is -0.163. The molecule has 1 aromatic carbocycles. The lowest BCUT2D eigenvalue weighted by molar-refractivity contribution is -0.116. The SMILES string of the molecule is O=C(Cn1c(=O)oc2cc(Cl)ccc21)Nc1ccccn1. The number of benzene rings is 1. The average molecular weight is 304 g/mol. The van der Waals surface area contributed by atoms with Crippen LogP contribution in [0.4, 0.5) is 5.82 Å². The van der Waals surface area contributed by atoms with Crippen molar-refractivity contribution in [3.63, 3.8) is 0 Å². The number of nitrogens with one attached hydrogen (secondary N) is 1. The van der Waals surface area contributed by atoms with Gasteiger partial charge in [-0.15, -0.1) is 0 Å². The van der Waals surface area contributed by atoms with E-state index in [0.29, 0.717) is 21.9 Å². The van der Waals surface area contributed by atoms with Crippen molar-refractivity contribution < 1.29 is 9.21 Å². The maximum atomic E-state index is 12.0. The molecular formula is C14H10ClN3O3. The molecule has 0 aliphatic rings. The van der Waals surface area contributed by atoms with Crippen LogP contribution in [-0.4, -0.2) is 15.5 Å². The van der Waals surface area contributed by atoms with E-state index in [0.717, 1.165) is 0 Å². The van der Waals surface area contributed by atoms with Crippen LogP contribution in [0, 0.1) is 0 Å². The first-order chi connectivity index (χ1) is 10.1. The Hall–Kier alpha value is -2.60. The molecular weight excluding hydrogens is 294 g/mol. The Labute approximate surface area is 124 Å². The summed E-state index contributed by atoms with van der Waals surface area (Å²) in [6, 6.07) is 9.96. The molecule has 106 valence electrons. The van der Waals surface area contributed by atoms with Crippen LogP contribution in [0.3, 0.4) is 0 Å². The van der Waals surface area contributed by atoms with E-state index in [-0.39, 0.29) is 12.5 Å². The number of amides is 1. The highest BCUT2D eigenvalue weighted by atomic mass is 35.5. The van der Waals surface area contributed by atoms with Crippen LogP contribution in [-0.2, 0) is 11.3 Å². The quantitative estimate of drug-likeness (QED) is 0.805. The molecule has 1 amide bonds. The molecule has 0 saturated heterocycles. The highest BCUT2D eigenvalue weighted by Crippen LogP contribution is 2.18. The topological polar surface area (TPSA) is 77.1 Å². The van der Waals surface area contributed by atoms with Crippen molar-refractivity contribution >= 4 is 34.4 Å². The Morgan fingerprint density at radius 2 is 2.19 bits per heavy atom. The number of oxazole rings is 1. The minimum Gasteiger partial charge on any atom is -0.408 e. The molecule has 0 fully saturated rings. The second kappa shape index (κ2) is 5.41. The first-order valence-corrected chi connectivity index (χ1v) is 6.51. The van der Waals surface area contributed by atoms with E-state index in [1.807, 2.05) is 0 Å². The number of nitrogens with zero attached hydrogens (tertiary/aromatic N) is 2. The Bertz CT molecular complexity index is 855. The second-order valence-corrected chi connectivity index (χ2v) is 4.77. The predicted molar refractivity (Wildman–Crippen MR) is 78.4 cm³/mol. The van der Waals surface area contributed by atoms with Crippen molar-refractivity contribution in [1.82, 2.24) is 9.55 Å². The molecule has 2 aromatic heterocycles. The van der Waals surface area contributed by atoms with E-state index in [1.54, 1.807) is 36.5 Å². The first-order valence-electron chi connectivity index (χ1n) is 6.13. The average Bonchev–Trinajstić information content (AvgIpc) is 2.75. The molecule has 0 atom stereocenters. The van der Waals surface area contributed by atoms with Crippen molar-refractivity contribution in [3.8, 4) is 0 Å². The van der Waals surface area contributed by atoms with Crippen molar-refractivity contribution in [2.45, 2.75) is 6.54 Å². The first kappa shape index (κ1) is 13.4. The van der Waals surface area contributed by atoms with E-state index in [4.69, 9.17) is 16.0 Å². The van der Waals surface area contributed by atoms with Crippen molar-refractivity contribution in [1.29, 1.82) is 0 Å². The van der Waals surface area contributed by atoms with E-state index >= 15 is 0 Å². The number of carbonyl (C=O) groups is 1. The molecule has 0 aliphatic heterocycles. The fourth-order valence-corrected chi connectivity index (χ4v) is 2.11. The van der Waals surface area contributed by atoms with Crippen molar-refractivity contribution in [2.24, 2.45) is 0 Å². The Balaban J connectivity index is 1.86. The number of hydrogen-bond acceptors (Lipinski definition) is 4. The zero-order chi connectivity index (χ0) is 14.8. The predicted octanol–water partition coefficient (Wildman–Crippen LogP) is 2.28. The molecule has 0 saturated carbocycles. The third-order valence-corrected chi connectivity index (χ3v) is 3.10. The normalized spacial score (nSPS) is 10.7. The Kier molecular flexibility index (Phi) is 3.45. The molecule has 0 aliphatic carbocycles. The summed E-state index contributed by atoms with van der Waals surface area (Å²) in [6.07, 6.45) is 1.57. The van der Waals surface area contributed by atoms with Crippen LogP contribution in [0.15, 0.2) is 51.8 Å². The molecule has 0 radical (unpaired) electrons. The van der Waals surface area contributed by atoms with Gasteiger partial charge in [-0.3, -0.25) is 9.36 Å². The van der Waals surface area contributed by atoms with Gasteiger partial charge in [-0.05, 0) is 24.3 Å². The summed E-state index contributed by atoms with van der Waals surface area (Å²) in [5.41, 5.74) is 0.860. The van der Waals surface area contributed by atoms with Gasteiger partial charge in [0.2, 0.25) is 5.91 Å². The molecule has 2 heterocycles. The lowest BCUT2D eigenvalue weighted by atomic mass is 10.3. The van der Waals surface area contributed by atoms with Crippen LogP contribution in [0.25, 0.3) is 11.1 Å².